The molecule has 1 aromatic carbocycles. The molecule has 0 fully saturated rings. The number of rotatable bonds is 2. The van der Waals surface area contributed by atoms with Crippen molar-refractivity contribution in [3.63, 3.8) is 0 Å². The summed E-state index contributed by atoms with van der Waals surface area (Å²) >= 11 is 6.06. The second-order valence-corrected chi connectivity index (χ2v) is 4.56. The molecule has 0 unspecified atom stereocenters. The van der Waals surface area contributed by atoms with E-state index in [0.717, 1.165) is 28.1 Å². The van der Waals surface area contributed by atoms with E-state index in [1.165, 1.54) is 0 Å². The van der Waals surface area contributed by atoms with Crippen molar-refractivity contribution in [1.29, 1.82) is 5.26 Å². The van der Waals surface area contributed by atoms with Crippen LogP contribution in [0.2, 0.25) is 5.15 Å². The van der Waals surface area contributed by atoms with Crippen LogP contribution in [0.15, 0.2) is 24.3 Å². The molecular weight excluding hydrogens is 260 g/mol. The highest BCUT2D eigenvalue weighted by Gasteiger charge is 2.15. The molecule has 0 aliphatic rings. The number of aryl methyl sites for hydroxylation is 1. The summed E-state index contributed by atoms with van der Waals surface area (Å²) in [4.78, 5) is 4.18. The molecular formula is C15H13ClN2O. The van der Waals surface area contributed by atoms with E-state index in [4.69, 9.17) is 16.3 Å². The van der Waals surface area contributed by atoms with Crippen molar-refractivity contribution >= 4 is 11.6 Å². The van der Waals surface area contributed by atoms with Gasteiger partial charge < -0.3 is 4.74 Å². The maximum absolute atomic E-state index is 9.28. The van der Waals surface area contributed by atoms with Gasteiger partial charge in [0.15, 0.2) is 0 Å². The van der Waals surface area contributed by atoms with E-state index in [1.807, 2.05) is 38.1 Å². The van der Waals surface area contributed by atoms with Crippen LogP contribution in [0.3, 0.4) is 0 Å². The summed E-state index contributed by atoms with van der Waals surface area (Å²) in [7, 11) is 1.62. The third-order valence-corrected chi connectivity index (χ3v) is 3.40. The van der Waals surface area contributed by atoms with Gasteiger partial charge in [-0.3, -0.25) is 0 Å². The molecule has 0 amide bonds. The molecule has 1 aromatic heterocycles. The van der Waals surface area contributed by atoms with Crippen LogP contribution in [0.5, 0.6) is 5.75 Å². The first-order valence-electron chi connectivity index (χ1n) is 5.79. The number of benzene rings is 1. The Morgan fingerprint density at radius 2 is 1.84 bits per heavy atom. The molecule has 0 aliphatic carbocycles. The zero-order valence-corrected chi connectivity index (χ0v) is 11.7. The van der Waals surface area contributed by atoms with Gasteiger partial charge in [-0.1, -0.05) is 23.7 Å². The van der Waals surface area contributed by atoms with Gasteiger partial charge in [0.2, 0.25) is 0 Å². The number of ether oxygens (including phenoxy) is 1. The molecule has 0 bridgehead atoms. The van der Waals surface area contributed by atoms with Crippen LogP contribution < -0.4 is 4.74 Å². The molecule has 0 N–H and O–H groups in total. The molecule has 2 aromatic rings. The van der Waals surface area contributed by atoms with Crippen molar-refractivity contribution in [3.8, 4) is 22.9 Å². The second kappa shape index (κ2) is 5.29. The SMILES string of the molecule is COc1ccc(-c2c(C)c(C)nc(Cl)c2C#N)cc1. The van der Waals surface area contributed by atoms with Crippen LogP contribution in [0.1, 0.15) is 16.8 Å². The van der Waals surface area contributed by atoms with Crippen LogP contribution >= 0.6 is 11.6 Å². The molecule has 0 saturated carbocycles. The Hall–Kier alpha value is -2.05. The van der Waals surface area contributed by atoms with Crippen molar-refractivity contribution in [3.05, 3.63) is 46.2 Å². The molecule has 19 heavy (non-hydrogen) atoms. The maximum atomic E-state index is 9.28. The van der Waals surface area contributed by atoms with Crippen molar-refractivity contribution in [2.24, 2.45) is 0 Å². The van der Waals surface area contributed by atoms with E-state index in [1.54, 1.807) is 7.11 Å². The van der Waals surface area contributed by atoms with Crippen molar-refractivity contribution in [2.75, 3.05) is 7.11 Å². The Balaban J connectivity index is 2.70. The number of methoxy groups -OCH3 is 1. The molecule has 0 aliphatic heterocycles. The van der Waals surface area contributed by atoms with Crippen LogP contribution in [-0.2, 0) is 0 Å². The third kappa shape index (κ3) is 2.40. The van der Waals surface area contributed by atoms with Gasteiger partial charge >= 0.3 is 0 Å². The molecule has 2 rings (SSSR count). The molecule has 0 saturated heterocycles. The molecule has 3 nitrogen and oxygen atoms in total. The summed E-state index contributed by atoms with van der Waals surface area (Å²) in [6, 6.07) is 9.68. The standard InChI is InChI=1S/C15H13ClN2O/c1-9-10(2)18-15(16)13(8-17)14(9)11-4-6-12(19-3)7-5-11/h4-7H,1-3H3. The predicted molar refractivity (Wildman–Crippen MR) is 75.4 cm³/mol. The Labute approximate surface area is 117 Å². The fourth-order valence-corrected chi connectivity index (χ4v) is 2.24. The summed E-state index contributed by atoms with van der Waals surface area (Å²) in [5.74, 6) is 0.775. The number of aromatic nitrogens is 1. The van der Waals surface area contributed by atoms with Crippen molar-refractivity contribution in [1.82, 2.24) is 4.98 Å². The minimum absolute atomic E-state index is 0.247. The molecule has 0 radical (unpaired) electrons. The lowest BCUT2D eigenvalue weighted by Gasteiger charge is -2.12. The zero-order chi connectivity index (χ0) is 14.0. The van der Waals surface area contributed by atoms with E-state index >= 15 is 0 Å². The van der Waals surface area contributed by atoms with Gasteiger partial charge in [-0.15, -0.1) is 0 Å². The predicted octanol–water partition coefficient (Wildman–Crippen LogP) is 3.90. The van der Waals surface area contributed by atoms with Gasteiger partial charge in [-0.2, -0.15) is 5.26 Å². The molecule has 1 heterocycles. The van der Waals surface area contributed by atoms with Gasteiger partial charge in [0.25, 0.3) is 0 Å². The number of halogens is 1. The Kier molecular flexibility index (Phi) is 3.73. The fourth-order valence-electron chi connectivity index (χ4n) is 1.98. The number of nitriles is 1. The van der Waals surface area contributed by atoms with E-state index in [-0.39, 0.29) is 5.15 Å². The third-order valence-electron chi connectivity index (χ3n) is 3.13. The topological polar surface area (TPSA) is 45.9 Å². The molecule has 96 valence electrons. The monoisotopic (exact) mass is 272 g/mol. The largest absolute Gasteiger partial charge is 0.497 e. The van der Waals surface area contributed by atoms with E-state index in [9.17, 15) is 5.26 Å². The first kappa shape index (κ1) is 13.4. The molecule has 0 atom stereocenters. The van der Waals surface area contributed by atoms with E-state index in [0.29, 0.717) is 5.56 Å². The Morgan fingerprint density at radius 3 is 2.37 bits per heavy atom. The summed E-state index contributed by atoms with van der Waals surface area (Å²) in [6.07, 6.45) is 0. The minimum atomic E-state index is 0.247. The highest BCUT2D eigenvalue weighted by Crippen LogP contribution is 2.33. The average Bonchev–Trinajstić information content (AvgIpc) is 2.42. The van der Waals surface area contributed by atoms with Crippen LogP contribution in [-0.4, -0.2) is 12.1 Å². The lowest BCUT2D eigenvalue weighted by atomic mass is 9.96. The van der Waals surface area contributed by atoms with Crippen molar-refractivity contribution in [2.45, 2.75) is 13.8 Å². The number of pyridine rings is 1. The van der Waals surface area contributed by atoms with Gasteiger partial charge in [0.1, 0.15) is 17.0 Å². The maximum Gasteiger partial charge on any atom is 0.147 e. The number of hydrogen-bond donors (Lipinski definition) is 0. The molecule has 0 spiro atoms. The smallest absolute Gasteiger partial charge is 0.147 e. The van der Waals surface area contributed by atoms with E-state index < -0.39 is 0 Å². The van der Waals surface area contributed by atoms with Gasteiger partial charge in [0, 0.05) is 11.3 Å². The summed E-state index contributed by atoms with van der Waals surface area (Å²) < 4.78 is 5.14. The first-order valence-corrected chi connectivity index (χ1v) is 6.17. The Morgan fingerprint density at radius 1 is 1.21 bits per heavy atom. The zero-order valence-electron chi connectivity index (χ0n) is 11.0. The lowest BCUT2D eigenvalue weighted by molar-refractivity contribution is 0.415. The van der Waals surface area contributed by atoms with Gasteiger partial charge in [-0.05, 0) is 37.1 Å². The quantitative estimate of drug-likeness (QED) is 0.779. The Bertz CT molecular complexity index is 657. The van der Waals surface area contributed by atoms with Crippen molar-refractivity contribution < 1.29 is 4.74 Å². The minimum Gasteiger partial charge on any atom is -0.497 e. The van der Waals surface area contributed by atoms with Crippen LogP contribution in [0.4, 0.5) is 0 Å². The molecule has 4 heteroatoms. The fraction of sp³-hybridized carbons (Fsp3) is 0.200. The highest BCUT2D eigenvalue weighted by atomic mass is 35.5. The average molecular weight is 273 g/mol. The number of hydrogen-bond acceptors (Lipinski definition) is 3. The normalized spacial score (nSPS) is 10.1. The second-order valence-electron chi connectivity index (χ2n) is 4.20. The number of nitrogens with zero attached hydrogens (tertiary/aromatic N) is 2. The lowest BCUT2D eigenvalue weighted by Crippen LogP contribution is -1.97. The van der Waals surface area contributed by atoms with Crippen LogP contribution in [0.25, 0.3) is 11.1 Å². The van der Waals surface area contributed by atoms with Gasteiger partial charge in [-0.25, -0.2) is 4.98 Å². The first-order chi connectivity index (χ1) is 9.08. The van der Waals surface area contributed by atoms with E-state index in [2.05, 4.69) is 11.1 Å². The summed E-state index contributed by atoms with van der Waals surface area (Å²) in [5, 5.41) is 9.52. The summed E-state index contributed by atoms with van der Waals surface area (Å²) in [6.45, 7) is 3.83. The van der Waals surface area contributed by atoms with Crippen LogP contribution in [0, 0.1) is 25.2 Å². The summed E-state index contributed by atoms with van der Waals surface area (Å²) in [5.41, 5.74) is 3.97. The highest BCUT2D eigenvalue weighted by molar-refractivity contribution is 6.31. The van der Waals surface area contributed by atoms with Gasteiger partial charge in [0.05, 0.1) is 12.7 Å².